The van der Waals surface area contributed by atoms with Crippen LogP contribution in [0.15, 0.2) is 27.5 Å². The maximum absolute atomic E-state index is 12.5. The van der Waals surface area contributed by atoms with Gasteiger partial charge in [0, 0.05) is 9.47 Å². The number of hydrogen-bond donors (Lipinski definition) is 0. The van der Waals surface area contributed by atoms with E-state index in [0.29, 0.717) is 3.57 Å². The van der Waals surface area contributed by atoms with Crippen molar-refractivity contribution in [3.8, 4) is 6.01 Å². The molecule has 0 saturated carbocycles. The van der Waals surface area contributed by atoms with Crippen LogP contribution in [0.5, 0.6) is 6.01 Å². The van der Waals surface area contributed by atoms with Gasteiger partial charge in [-0.3, -0.25) is 0 Å². The van der Waals surface area contributed by atoms with Gasteiger partial charge in [0.2, 0.25) is 0 Å². The van der Waals surface area contributed by atoms with Gasteiger partial charge in [-0.15, -0.1) is 0 Å². The summed E-state index contributed by atoms with van der Waals surface area (Å²) in [6.45, 7) is 1.48. The van der Waals surface area contributed by atoms with Crippen LogP contribution in [0.1, 0.15) is 22.0 Å². The number of carbonyl (C=O) groups is 1. The van der Waals surface area contributed by atoms with Crippen molar-refractivity contribution in [1.29, 1.82) is 0 Å². The van der Waals surface area contributed by atoms with Gasteiger partial charge in [0.15, 0.2) is 5.82 Å². The minimum atomic E-state index is -4.52. The Morgan fingerprint density at radius 1 is 1.22 bits per heavy atom. The number of esters is 1. The summed E-state index contributed by atoms with van der Waals surface area (Å²) in [7, 11) is -2.13. The number of carbonyl (C=O) groups excluding carboxylic acids is 1. The maximum atomic E-state index is 12.5. The number of aryl methyl sites for hydroxylation is 1. The van der Waals surface area contributed by atoms with E-state index in [-0.39, 0.29) is 47.0 Å². The second kappa shape index (κ2) is 9.73. The third-order valence-corrected chi connectivity index (χ3v) is 4.90. The van der Waals surface area contributed by atoms with Crippen LogP contribution in [0.25, 0.3) is 0 Å². The molecular weight excluding hydrogens is 502 g/mol. The maximum Gasteiger partial charge on any atom is 1.00 e. The van der Waals surface area contributed by atoms with Crippen LogP contribution in [-0.2, 0) is 14.8 Å². The number of rotatable bonds is 5. The molecule has 1 heterocycles. The Labute approximate surface area is 190 Å². The summed E-state index contributed by atoms with van der Waals surface area (Å²) >= 11 is 1.86. The van der Waals surface area contributed by atoms with Crippen molar-refractivity contribution < 1.29 is 57.3 Å². The van der Waals surface area contributed by atoms with Crippen LogP contribution in [0.4, 0.5) is 0 Å². The zero-order valence-electron chi connectivity index (χ0n) is 14.8. The Hall–Kier alpha value is -1.35. The number of hydrogen-bond acceptors (Lipinski definition) is 9. The molecule has 1 aromatic heterocycles. The summed E-state index contributed by atoms with van der Waals surface area (Å²) in [4.78, 5) is 22.6. The average Bonchev–Trinajstić information content (AvgIpc) is 2.60. The SMILES string of the molecule is COC(=O)c1ccc(I)cc1S(=O)(=O)N=C([O-])c1nc(C)nc(OC)n1.[Na+]. The Morgan fingerprint density at radius 2 is 1.89 bits per heavy atom. The van der Waals surface area contributed by atoms with E-state index in [9.17, 15) is 18.3 Å². The fourth-order valence-electron chi connectivity index (χ4n) is 1.83. The molecule has 2 rings (SSSR count). The fourth-order valence-corrected chi connectivity index (χ4v) is 3.64. The topological polar surface area (TPSA) is 144 Å². The zero-order chi connectivity index (χ0) is 19.5. The minimum absolute atomic E-state index is 0. The molecule has 0 saturated heterocycles. The normalized spacial score (nSPS) is 11.5. The molecule has 0 atom stereocenters. The van der Waals surface area contributed by atoms with Gasteiger partial charge in [-0.05, 0) is 47.7 Å². The molecule has 13 heteroatoms. The van der Waals surface area contributed by atoms with Crippen molar-refractivity contribution >= 4 is 44.5 Å². The molecule has 0 aliphatic carbocycles. The van der Waals surface area contributed by atoms with Crippen molar-refractivity contribution in [2.24, 2.45) is 4.40 Å². The van der Waals surface area contributed by atoms with Crippen LogP contribution >= 0.6 is 22.6 Å². The van der Waals surface area contributed by atoms with Crippen molar-refractivity contribution in [3.63, 3.8) is 0 Å². The predicted octanol–water partition coefficient (Wildman–Crippen LogP) is -2.92. The van der Waals surface area contributed by atoms with Gasteiger partial charge in [0.1, 0.15) is 10.7 Å². The Balaban J connectivity index is 0.00000364. The molecule has 0 amide bonds. The molecule has 0 aliphatic heterocycles. The van der Waals surface area contributed by atoms with Gasteiger partial charge < -0.3 is 14.6 Å². The minimum Gasteiger partial charge on any atom is -0.855 e. The molecule has 0 bridgehead atoms. The summed E-state index contributed by atoms with van der Waals surface area (Å²) in [6, 6.07) is 3.85. The average molecular weight is 514 g/mol. The zero-order valence-corrected chi connectivity index (χ0v) is 19.7. The summed E-state index contributed by atoms with van der Waals surface area (Å²) in [6.07, 6.45) is 0. The third kappa shape index (κ3) is 5.81. The number of aromatic nitrogens is 3. The van der Waals surface area contributed by atoms with E-state index in [1.807, 2.05) is 22.6 Å². The number of nitrogens with zero attached hydrogens (tertiary/aromatic N) is 4. The van der Waals surface area contributed by atoms with E-state index in [1.165, 1.54) is 32.2 Å². The first kappa shape index (κ1) is 23.7. The van der Waals surface area contributed by atoms with Crippen molar-refractivity contribution in [3.05, 3.63) is 39.0 Å². The molecule has 138 valence electrons. The molecule has 1 aromatic carbocycles. The number of benzene rings is 1. The summed E-state index contributed by atoms with van der Waals surface area (Å²) in [5, 5.41) is 12.2. The van der Waals surface area contributed by atoms with E-state index in [1.54, 1.807) is 0 Å². The van der Waals surface area contributed by atoms with E-state index in [2.05, 4.69) is 24.1 Å². The van der Waals surface area contributed by atoms with Gasteiger partial charge in [-0.2, -0.15) is 22.8 Å². The first-order chi connectivity index (χ1) is 12.2. The van der Waals surface area contributed by atoms with Crippen molar-refractivity contribution in [1.82, 2.24) is 15.0 Å². The quantitative estimate of drug-likeness (QED) is 0.135. The van der Waals surface area contributed by atoms with Crippen LogP contribution in [0, 0.1) is 10.5 Å². The predicted molar refractivity (Wildman–Crippen MR) is 95.3 cm³/mol. The first-order valence-corrected chi connectivity index (χ1v) is 9.36. The van der Waals surface area contributed by atoms with Crippen LogP contribution < -0.4 is 39.4 Å². The summed E-state index contributed by atoms with van der Waals surface area (Å²) in [5.74, 6) is -2.44. The molecule has 0 spiro atoms. The molecule has 10 nitrogen and oxygen atoms in total. The first-order valence-electron chi connectivity index (χ1n) is 6.85. The molecule has 27 heavy (non-hydrogen) atoms. The van der Waals surface area contributed by atoms with Crippen molar-refractivity contribution in [2.45, 2.75) is 11.8 Å². The molecule has 0 radical (unpaired) electrons. The smallest absolute Gasteiger partial charge is 0.855 e. The van der Waals surface area contributed by atoms with Gasteiger partial charge in [0.25, 0.3) is 10.0 Å². The Bertz CT molecular complexity index is 999. The van der Waals surface area contributed by atoms with Crippen molar-refractivity contribution in [2.75, 3.05) is 14.2 Å². The van der Waals surface area contributed by atoms with Crippen LogP contribution in [0.3, 0.4) is 0 Å². The molecule has 0 unspecified atom stereocenters. The Kier molecular flexibility index (Phi) is 8.53. The molecule has 0 aliphatic rings. The number of methoxy groups -OCH3 is 2. The molecule has 0 fully saturated rings. The Morgan fingerprint density at radius 3 is 2.48 bits per heavy atom. The fraction of sp³-hybridized carbons (Fsp3) is 0.214. The summed E-state index contributed by atoms with van der Waals surface area (Å²) < 4.78 is 38.2. The second-order valence-corrected chi connectivity index (χ2v) is 7.51. The van der Waals surface area contributed by atoms with E-state index in [4.69, 9.17) is 4.74 Å². The number of halogens is 1. The molecule has 2 aromatic rings. The van der Waals surface area contributed by atoms with Gasteiger partial charge >= 0.3 is 41.5 Å². The monoisotopic (exact) mass is 514 g/mol. The molecular formula is C14H12IN4NaO6S. The van der Waals surface area contributed by atoms with Gasteiger partial charge in [0.05, 0.1) is 19.8 Å². The molecule has 0 N–H and O–H groups in total. The number of sulfonamides is 1. The van der Waals surface area contributed by atoms with E-state index in [0.717, 1.165) is 7.11 Å². The van der Waals surface area contributed by atoms with E-state index < -0.39 is 32.6 Å². The summed E-state index contributed by atoms with van der Waals surface area (Å²) in [5.41, 5.74) is -0.242. The van der Waals surface area contributed by atoms with Crippen LogP contribution in [-0.4, -0.2) is 49.5 Å². The largest absolute Gasteiger partial charge is 1.00 e. The second-order valence-electron chi connectivity index (χ2n) is 4.70. The van der Waals surface area contributed by atoms with Gasteiger partial charge in [-0.1, -0.05) is 0 Å². The van der Waals surface area contributed by atoms with Crippen LogP contribution in [0.2, 0.25) is 0 Å². The standard InChI is InChI=1S/C14H13IN4O6S.Na/c1-7-16-11(18-14(17-7)25-3)12(20)19-26(22,23)10-6-8(15)4-5-9(10)13(21)24-2;/h4-6H,1-3H3,(H,19,20);/q;+1/p-1. The van der Waals surface area contributed by atoms with Gasteiger partial charge in [-0.25, -0.2) is 9.78 Å². The van der Waals surface area contributed by atoms with E-state index >= 15 is 0 Å². The third-order valence-electron chi connectivity index (χ3n) is 2.93. The number of ether oxygens (including phenoxy) is 2.